The van der Waals surface area contributed by atoms with Gasteiger partial charge in [0.25, 0.3) is 11.8 Å². The van der Waals surface area contributed by atoms with E-state index in [-0.39, 0.29) is 5.91 Å². The summed E-state index contributed by atoms with van der Waals surface area (Å²) >= 11 is 0. The molecule has 2 aromatic carbocycles. The van der Waals surface area contributed by atoms with Gasteiger partial charge < -0.3 is 13.9 Å². The fourth-order valence-corrected chi connectivity index (χ4v) is 3.72. The van der Waals surface area contributed by atoms with Crippen LogP contribution >= 0.6 is 0 Å². The quantitative estimate of drug-likeness (QED) is 0.476. The molecule has 0 bridgehead atoms. The highest BCUT2D eigenvalue weighted by atomic mass is 16.5. The fraction of sp³-hybridized carbons (Fsp3) is 0.261. The zero-order valence-corrected chi connectivity index (χ0v) is 17.6. The predicted molar refractivity (Wildman–Crippen MR) is 115 cm³/mol. The molecule has 1 aliphatic rings. The van der Waals surface area contributed by atoms with Crippen LogP contribution in [0.2, 0.25) is 0 Å². The average molecular weight is 430 g/mol. The van der Waals surface area contributed by atoms with Crippen LogP contribution in [0, 0.1) is 6.92 Å². The van der Waals surface area contributed by atoms with Gasteiger partial charge in [-0.25, -0.2) is 0 Å². The lowest BCUT2D eigenvalue weighted by Crippen LogP contribution is -2.48. The topological polar surface area (TPSA) is 101 Å². The van der Waals surface area contributed by atoms with Crippen molar-refractivity contribution in [2.45, 2.75) is 13.5 Å². The molecule has 5 rings (SSSR count). The molecule has 0 unspecified atom stereocenters. The van der Waals surface area contributed by atoms with Crippen LogP contribution in [0.1, 0.15) is 22.1 Å². The third-order valence-corrected chi connectivity index (χ3v) is 5.41. The van der Waals surface area contributed by atoms with Gasteiger partial charge in [-0.3, -0.25) is 9.69 Å². The van der Waals surface area contributed by atoms with Crippen LogP contribution in [0.25, 0.3) is 22.8 Å². The molecule has 9 heteroatoms. The summed E-state index contributed by atoms with van der Waals surface area (Å²) in [5.74, 6) is 2.14. The van der Waals surface area contributed by atoms with Gasteiger partial charge in [-0.15, -0.1) is 0 Å². The molecule has 4 aromatic rings. The van der Waals surface area contributed by atoms with Crippen molar-refractivity contribution < 1.29 is 13.8 Å². The zero-order valence-electron chi connectivity index (χ0n) is 17.6. The van der Waals surface area contributed by atoms with Crippen LogP contribution < -0.4 is 0 Å². The summed E-state index contributed by atoms with van der Waals surface area (Å²) in [4.78, 5) is 25.8. The van der Waals surface area contributed by atoms with Gasteiger partial charge in [0, 0.05) is 49.8 Å². The molecule has 1 amide bonds. The number of carbonyl (C=O) groups excluding carboxylic acids is 1. The number of rotatable bonds is 5. The monoisotopic (exact) mass is 430 g/mol. The first kappa shape index (κ1) is 20.1. The Hall–Kier alpha value is -3.85. The van der Waals surface area contributed by atoms with Crippen LogP contribution in [-0.2, 0) is 6.54 Å². The molecule has 162 valence electrons. The zero-order chi connectivity index (χ0) is 21.9. The van der Waals surface area contributed by atoms with Gasteiger partial charge in [-0.05, 0) is 24.3 Å². The first-order valence-electron chi connectivity index (χ1n) is 10.5. The maximum Gasteiger partial charge on any atom is 0.257 e. The van der Waals surface area contributed by atoms with Crippen molar-refractivity contribution in [1.29, 1.82) is 0 Å². The van der Waals surface area contributed by atoms with E-state index in [1.165, 1.54) is 0 Å². The molecular weight excluding hydrogens is 408 g/mol. The Morgan fingerprint density at radius 2 is 1.69 bits per heavy atom. The highest BCUT2D eigenvalue weighted by molar-refractivity contribution is 5.95. The smallest absolute Gasteiger partial charge is 0.257 e. The normalized spacial score (nSPS) is 14.6. The van der Waals surface area contributed by atoms with E-state index in [1.807, 2.05) is 59.5 Å². The second-order valence-corrected chi connectivity index (χ2v) is 7.67. The van der Waals surface area contributed by atoms with E-state index >= 15 is 0 Å². The number of piperazine rings is 1. The maximum atomic E-state index is 13.0. The Kier molecular flexibility index (Phi) is 5.47. The molecule has 0 atom stereocenters. The number of hydrogen-bond acceptors (Lipinski definition) is 8. The number of amides is 1. The van der Waals surface area contributed by atoms with E-state index in [2.05, 4.69) is 25.2 Å². The molecule has 0 saturated carbocycles. The predicted octanol–water partition coefficient (Wildman–Crippen LogP) is 3.05. The Bertz CT molecular complexity index is 1210. The SMILES string of the molecule is Cc1nc(-c2cccc(C(=O)N3CCN(Cc4noc(-c5ccccc5)n4)CC3)c2)no1. The Morgan fingerprint density at radius 3 is 2.44 bits per heavy atom. The number of benzene rings is 2. The molecule has 1 fully saturated rings. The minimum atomic E-state index is -0.00218. The van der Waals surface area contributed by atoms with Crippen LogP contribution in [0.15, 0.2) is 63.6 Å². The number of aryl methyl sites for hydroxylation is 1. The standard InChI is InChI=1S/C23H22N6O3/c1-16-24-21(27-31-16)18-8-5-9-19(14-18)23(30)29-12-10-28(11-13-29)15-20-25-22(32-26-20)17-6-3-2-4-7-17/h2-9,14H,10-13,15H2,1H3. The molecular formula is C23H22N6O3. The number of aromatic nitrogens is 4. The number of carbonyl (C=O) groups is 1. The van der Waals surface area contributed by atoms with E-state index in [0.717, 1.165) is 24.2 Å². The first-order valence-corrected chi connectivity index (χ1v) is 10.5. The summed E-state index contributed by atoms with van der Waals surface area (Å²) in [6.07, 6.45) is 0. The molecule has 1 aliphatic heterocycles. The molecule has 2 aromatic heterocycles. The van der Waals surface area contributed by atoms with Crippen molar-refractivity contribution >= 4 is 5.91 Å². The summed E-state index contributed by atoms with van der Waals surface area (Å²) < 4.78 is 10.4. The number of nitrogens with zero attached hydrogens (tertiary/aromatic N) is 6. The highest BCUT2D eigenvalue weighted by Crippen LogP contribution is 2.20. The molecule has 32 heavy (non-hydrogen) atoms. The third-order valence-electron chi connectivity index (χ3n) is 5.41. The van der Waals surface area contributed by atoms with Crippen LogP contribution in [0.3, 0.4) is 0 Å². The lowest BCUT2D eigenvalue weighted by atomic mass is 10.1. The summed E-state index contributed by atoms with van der Waals surface area (Å²) in [5, 5.41) is 8.03. The maximum absolute atomic E-state index is 13.0. The average Bonchev–Trinajstić information content (AvgIpc) is 3.49. The van der Waals surface area contributed by atoms with E-state index in [1.54, 1.807) is 6.92 Å². The largest absolute Gasteiger partial charge is 0.339 e. The van der Waals surface area contributed by atoms with Crippen molar-refractivity contribution in [3.8, 4) is 22.8 Å². The van der Waals surface area contributed by atoms with Gasteiger partial charge >= 0.3 is 0 Å². The lowest BCUT2D eigenvalue weighted by molar-refractivity contribution is 0.0624. The molecule has 0 aliphatic carbocycles. The Labute approximate surface area is 184 Å². The molecule has 0 radical (unpaired) electrons. The van der Waals surface area contributed by atoms with E-state index in [9.17, 15) is 4.79 Å². The summed E-state index contributed by atoms with van der Waals surface area (Å²) in [6.45, 7) is 5.07. The van der Waals surface area contributed by atoms with Gasteiger partial charge in [0.05, 0.1) is 6.54 Å². The van der Waals surface area contributed by atoms with Gasteiger partial charge in [-0.1, -0.05) is 40.6 Å². The van der Waals surface area contributed by atoms with Gasteiger partial charge in [0.2, 0.25) is 11.7 Å². The third kappa shape index (κ3) is 4.28. The van der Waals surface area contributed by atoms with Crippen LogP contribution in [0.5, 0.6) is 0 Å². The van der Waals surface area contributed by atoms with E-state index in [4.69, 9.17) is 9.05 Å². The highest BCUT2D eigenvalue weighted by Gasteiger charge is 2.24. The van der Waals surface area contributed by atoms with E-state index < -0.39 is 0 Å². The van der Waals surface area contributed by atoms with Gasteiger partial charge in [0.15, 0.2) is 5.82 Å². The van der Waals surface area contributed by atoms with Crippen molar-refractivity contribution in [2.75, 3.05) is 26.2 Å². The lowest BCUT2D eigenvalue weighted by Gasteiger charge is -2.34. The number of hydrogen-bond donors (Lipinski definition) is 0. The molecule has 3 heterocycles. The molecule has 0 spiro atoms. The summed E-state index contributed by atoms with van der Waals surface area (Å²) in [7, 11) is 0. The Balaban J connectivity index is 1.19. The minimum Gasteiger partial charge on any atom is -0.339 e. The molecule has 9 nitrogen and oxygen atoms in total. The molecule has 1 saturated heterocycles. The minimum absolute atomic E-state index is 0.00218. The second kappa shape index (κ2) is 8.72. The Morgan fingerprint density at radius 1 is 0.906 bits per heavy atom. The fourth-order valence-electron chi connectivity index (χ4n) is 3.72. The second-order valence-electron chi connectivity index (χ2n) is 7.67. The first-order chi connectivity index (χ1) is 15.7. The van der Waals surface area contributed by atoms with Crippen molar-refractivity contribution in [2.24, 2.45) is 0 Å². The van der Waals surface area contributed by atoms with Crippen LogP contribution in [0.4, 0.5) is 0 Å². The van der Waals surface area contributed by atoms with Crippen molar-refractivity contribution in [3.05, 3.63) is 71.9 Å². The summed E-state index contributed by atoms with van der Waals surface area (Å²) in [5.41, 5.74) is 2.28. The molecule has 0 N–H and O–H groups in total. The van der Waals surface area contributed by atoms with Crippen LogP contribution in [-0.4, -0.2) is 62.2 Å². The van der Waals surface area contributed by atoms with Gasteiger partial charge in [0.1, 0.15) is 0 Å². The van der Waals surface area contributed by atoms with Gasteiger partial charge in [-0.2, -0.15) is 9.97 Å². The van der Waals surface area contributed by atoms with Crippen molar-refractivity contribution in [1.82, 2.24) is 30.1 Å². The van der Waals surface area contributed by atoms with Crippen molar-refractivity contribution in [3.63, 3.8) is 0 Å². The summed E-state index contributed by atoms with van der Waals surface area (Å²) in [6, 6.07) is 17.0. The van der Waals surface area contributed by atoms with E-state index in [0.29, 0.717) is 48.6 Å².